The van der Waals surface area contributed by atoms with Gasteiger partial charge in [0.1, 0.15) is 23.5 Å². The first-order chi connectivity index (χ1) is 15.6. The lowest BCUT2D eigenvalue weighted by Crippen LogP contribution is -2.08. The molecule has 0 aromatic heterocycles. The van der Waals surface area contributed by atoms with Gasteiger partial charge in [-0.1, -0.05) is 62.3 Å². The van der Waals surface area contributed by atoms with Gasteiger partial charge in [-0.25, -0.2) is 9.59 Å². The van der Waals surface area contributed by atoms with E-state index in [2.05, 4.69) is 43.4 Å². The Morgan fingerprint density at radius 2 is 1.62 bits per heavy atom. The number of benzene rings is 1. The molecule has 0 spiro atoms. The van der Waals surface area contributed by atoms with Gasteiger partial charge in [0.05, 0.1) is 6.61 Å². The summed E-state index contributed by atoms with van der Waals surface area (Å²) in [7, 11) is 0. The molecule has 0 aliphatic carbocycles. The van der Waals surface area contributed by atoms with E-state index in [1.165, 1.54) is 31.7 Å². The van der Waals surface area contributed by atoms with Crippen molar-refractivity contribution in [2.24, 2.45) is 0 Å². The number of allylic oxidation sites excluding steroid dienone is 6. The van der Waals surface area contributed by atoms with Crippen molar-refractivity contribution in [2.45, 2.75) is 77.7 Å². The minimum atomic E-state index is -0.618. The van der Waals surface area contributed by atoms with Gasteiger partial charge in [0.2, 0.25) is 0 Å². The Morgan fingerprint density at radius 3 is 2.31 bits per heavy atom. The summed E-state index contributed by atoms with van der Waals surface area (Å²) in [6.45, 7) is 2.64. The molecule has 1 aliphatic heterocycles. The smallest absolute Gasteiger partial charge is 0.342 e. The van der Waals surface area contributed by atoms with Crippen LogP contribution in [0.5, 0.6) is 5.75 Å². The highest BCUT2D eigenvalue weighted by Gasteiger charge is 2.29. The van der Waals surface area contributed by atoms with Gasteiger partial charge < -0.3 is 14.6 Å². The zero-order valence-electron chi connectivity index (χ0n) is 19.2. The molecule has 0 amide bonds. The van der Waals surface area contributed by atoms with Crippen LogP contribution in [-0.2, 0) is 16.1 Å². The maximum Gasteiger partial charge on any atom is 0.342 e. The summed E-state index contributed by atoms with van der Waals surface area (Å²) in [6.07, 6.45) is 24.1. The lowest BCUT2D eigenvalue weighted by Gasteiger charge is -2.08. The van der Waals surface area contributed by atoms with Gasteiger partial charge in [-0.05, 0) is 57.4 Å². The van der Waals surface area contributed by atoms with E-state index in [0.717, 1.165) is 38.5 Å². The maximum absolute atomic E-state index is 12.2. The first-order valence-corrected chi connectivity index (χ1v) is 11.8. The molecule has 0 saturated carbocycles. The monoisotopic (exact) mass is 440 g/mol. The molecule has 5 heteroatoms. The Balaban J connectivity index is 1.50. The van der Waals surface area contributed by atoms with Crippen LogP contribution in [-0.4, -0.2) is 23.7 Å². The number of phenols is 1. The molecule has 1 heterocycles. The minimum Gasteiger partial charge on any atom is -0.506 e. The molecule has 0 radical (unpaired) electrons. The number of phenolic OH excluding ortho intramolecular Hbond substituents is 1. The van der Waals surface area contributed by atoms with Crippen LogP contribution >= 0.6 is 0 Å². The molecular formula is C27H36O5. The van der Waals surface area contributed by atoms with Gasteiger partial charge in [-0.15, -0.1) is 0 Å². The third kappa shape index (κ3) is 8.74. The molecule has 5 nitrogen and oxygen atoms in total. The van der Waals surface area contributed by atoms with Gasteiger partial charge in [0, 0.05) is 5.56 Å². The van der Waals surface area contributed by atoms with E-state index in [1.807, 2.05) is 0 Å². The Morgan fingerprint density at radius 1 is 0.969 bits per heavy atom. The first kappa shape index (κ1) is 25.4. The molecule has 1 aromatic carbocycles. The molecule has 1 N–H and O–H groups in total. The van der Waals surface area contributed by atoms with Crippen molar-refractivity contribution in [3.8, 4) is 5.75 Å². The number of esters is 2. The van der Waals surface area contributed by atoms with Crippen molar-refractivity contribution in [3.05, 3.63) is 65.3 Å². The Labute approximate surface area is 191 Å². The van der Waals surface area contributed by atoms with Crippen LogP contribution in [0.3, 0.4) is 0 Å². The number of hydrogen-bond acceptors (Lipinski definition) is 5. The highest BCUT2D eigenvalue weighted by Crippen LogP contribution is 2.32. The SMILES string of the molecule is CCCCC/C=C/C/C=C/C/C=C/CCCCCOC(=O)c1ccc2c(c1O)C(=O)OC2. The molecule has 0 saturated heterocycles. The van der Waals surface area contributed by atoms with Gasteiger partial charge >= 0.3 is 11.9 Å². The zero-order chi connectivity index (χ0) is 23.0. The fraction of sp³-hybridized carbons (Fsp3) is 0.481. The fourth-order valence-electron chi connectivity index (χ4n) is 3.43. The van der Waals surface area contributed by atoms with Gasteiger partial charge in [0.15, 0.2) is 0 Å². The summed E-state index contributed by atoms with van der Waals surface area (Å²) < 4.78 is 10.1. The Hall–Kier alpha value is -2.82. The minimum absolute atomic E-state index is 0.00516. The Kier molecular flexibility index (Phi) is 12.0. The highest BCUT2D eigenvalue weighted by molar-refractivity contribution is 6.02. The lowest BCUT2D eigenvalue weighted by molar-refractivity contribution is 0.0494. The Bertz CT molecular complexity index is 820. The number of carbonyl (C=O) groups is 2. The number of rotatable bonds is 15. The molecule has 0 fully saturated rings. The van der Waals surface area contributed by atoms with Crippen molar-refractivity contribution in [1.82, 2.24) is 0 Å². The number of hydrogen-bond donors (Lipinski definition) is 1. The number of cyclic esters (lactones) is 1. The molecule has 32 heavy (non-hydrogen) atoms. The predicted octanol–water partition coefficient (Wildman–Crippen LogP) is 6.81. The van der Waals surface area contributed by atoms with Crippen LogP contribution < -0.4 is 0 Å². The number of ether oxygens (including phenoxy) is 2. The largest absolute Gasteiger partial charge is 0.506 e. The van der Waals surface area contributed by atoms with Gasteiger partial charge in [-0.3, -0.25) is 0 Å². The average molecular weight is 441 g/mol. The second-order valence-electron chi connectivity index (χ2n) is 7.94. The van der Waals surface area contributed by atoms with Crippen molar-refractivity contribution in [1.29, 1.82) is 0 Å². The van der Waals surface area contributed by atoms with E-state index in [1.54, 1.807) is 6.07 Å². The summed E-state index contributed by atoms with van der Waals surface area (Å²) in [5.41, 5.74) is 0.660. The van der Waals surface area contributed by atoms with Gasteiger partial charge in [-0.2, -0.15) is 0 Å². The third-order valence-electron chi connectivity index (χ3n) is 5.31. The third-order valence-corrected chi connectivity index (χ3v) is 5.31. The fourth-order valence-corrected chi connectivity index (χ4v) is 3.43. The van der Waals surface area contributed by atoms with E-state index in [0.29, 0.717) is 5.56 Å². The second-order valence-corrected chi connectivity index (χ2v) is 7.94. The predicted molar refractivity (Wildman–Crippen MR) is 127 cm³/mol. The molecule has 2 rings (SSSR count). The second kappa shape index (κ2) is 15.1. The number of carbonyl (C=O) groups excluding carboxylic acids is 2. The summed E-state index contributed by atoms with van der Waals surface area (Å²) >= 11 is 0. The quantitative estimate of drug-likeness (QED) is 0.184. The summed E-state index contributed by atoms with van der Waals surface area (Å²) in [5, 5.41) is 10.2. The molecule has 1 aliphatic rings. The molecule has 174 valence electrons. The summed E-state index contributed by atoms with van der Waals surface area (Å²) in [6, 6.07) is 3.09. The lowest BCUT2D eigenvalue weighted by atomic mass is 10.0. The molecule has 1 aromatic rings. The van der Waals surface area contributed by atoms with E-state index in [4.69, 9.17) is 9.47 Å². The topological polar surface area (TPSA) is 72.8 Å². The zero-order valence-corrected chi connectivity index (χ0v) is 19.2. The normalized spacial score (nSPS) is 13.3. The first-order valence-electron chi connectivity index (χ1n) is 11.8. The van der Waals surface area contributed by atoms with Crippen molar-refractivity contribution in [3.63, 3.8) is 0 Å². The van der Waals surface area contributed by atoms with Crippen LogP contribution in [0.1, 0.15) is 97.4 Å². The summed E-state index contributed by atoms with van der Waals surface area (Å²) in [5.74, 6) is -1.57. The van der Waals surface area contributed by atoms with E-state index in [-0.39, 0.29) is 30.1 Å². The average Bonchev–Trinajstić information content (AvgIpc) is 3.17. The maximum atomic E-state index is 12.2. The number of aromatic hydroxyl groups is 1. The van der Waals surface area contributed by atoms with Crippen LogP contribution in [0.15, 0.2) is 48.6 Å². The summed E-state index contributed by atoms with van der Waals surface area (Å²) in [4.78, 5) is 23.8. The molecule has 0 bridgehead atoms. The number of unbranched alkanes of at least 4 members (excludes halogenated alkanes) is 6. The van der Waals surface area contributed by atoms with E-state index >= 15 is 0 Å². The van der Waals surface area contributed by atoms with Gasteiger partial charge in [0.25, 0.3) is 0 Å². The molecular weight excluding hydrogens is 404 g/mol. The standard InChI is InChI=1S/C27H36O5/c1-2-3-4-5-6-7-8-9-10-11-12-13-14-15-16-17-20-31-26(29)23-19-18-22-21-32-27(30)24(22)25(23)28/h6-7,9-10,12-13,18-19,28H,2-5,8,11,14-17,20-21H2,1H3/b7-6+,10-9+,13-12+. The van der Waals surface area contributed by atoms with Crippen molar-refractivity contribution < 1.29 is 24.2 Å². The number of fused-ring (bicyclic) bond motifs is 1. The highest BCUT2D eigenvalue weighted by atomic mass is 16.5. The van der Waals surface area contributed by atoms with Crippen LogP contribution in [0.2, 0.25) is 0 Å². The van der Waals surface area contributed by atoms with Crippen molar-refractivity contribution in [2.75, 3.05) is 6.61 Å². The van der Waals surface area contributed by atoms with Crippen LogP contribution in [0.4, 0.5) is 0 Å². The molecule has 0 unspecified atom stereocenters. The molecule has 0 atom stereocenters. The van der Waals surface area contributed by atoms with Crippen LogP contribution in [0.25, 0.3) is 0 Å². The van der Waals surface area contributed by atoms with E-state index in [9.17, 15) is 14.7 Å². The van der Waals surface area contributed by atoms with Crippen molar-refractivity contribution >= 4 is 11.9 Å². The van der Waals surface area contributed by atoms with Crippen LogP contribution in [0, 0.1) is 0 Å². The van der Waals surface area contributed by atoms with E-state index < -0.39 is 11.9 Å².